The van der Waals surface area contributed by atoms with Crippen LogP contribution in [0.25, 0.3) is 6.08 Å². The Bertz CT molecular complexity index is 1170. The van der Waals surface area contributed by atoms with E-state index in [0.29, 0.717) is 6.07 Å². The molecule has 0 saturated carbocycles. The van der Waals surface area contributed by atoms with E-state index in [-0.39, 0.29) is 16.3 Å². The van der Waals surface area contributed by atoms with E-state index in [4.69, 9.17) is 5.11 Å². The number of aliphatic carboxylic acids is 1. The Hall–Kier alpha value is -2.70. The number of sulfonamides is 1. The number of rotatable bonds is 9. The summed E-state index contributed by atoms with van der Waals surface area (Å²) in [6.45, 7) is -0.371. The van der Waals surface area contributed by atoms with Crippen molar-refractivity contribution in [2.45, 2.75) is 22.4 Å². The Kier molecular flexibility index (Phi) is 7.63. The Labute approximate surface area is 177 Å². The van der Waals surface area contributed by atoms with Gasteiger partial charge in [-0.2, -0.15) is 13.2 Å². The fraction of sp³-hybridized carbons (Fsp3) is 0.211. The highest BCUT2D eigenvalue weighted by atomic mass is 32.2. The molecular formula is C19H18F3NO6S2. The van der Waals surface area contributed by atoms with E-state index in [0.717, 1.165) is 24.3 Å². The van der Waals surface area contributed by atoms with E-state index in [2.05, 4.69) is 0 Å². The van der Waals surface area contributed by atoms with Crippen LogP contribution in [0.3, 0.4) is 0 Å². The molecule has 168 valence electrons. The minimum atomic E-state index is -4.80. The molecule has 0 aliphatic rings. The molecule has 0 spiro atoms. The number of halogens is 3. The molecule has 12 heteroatoms. The topological polar surface area (TPSA) is 118 Å². The Morgan fingerprint density at radius 2 is 1.65 bits per heavy atom. The maximum Gasteiger partial charge on any atom is 0.416 e. The maximum atomic E-state index is 13.3. The van der Waals surface area contributed by atoms with Crippen LogP contribution >= 0.6 is 0 Å². The van der Waals surface area contributed by atoms with Crippen molar-refractivity contribution in [1.29, 1.82) is 0 Å². The predicted molar refractivity (Wildman–Crippen MR) is 106 cm³/mol. The van der Waals surface area contributed by atoms with Crippen molar-refractivity contribution >= 4 is 31.9 Å². The van der Waals surface area contributed by atoms with Crippen molar-refractivity contribution in [1.82, 2.24) is 4.72 Å². The SMILES string of the molecule is O=C(O)CCNS(=O)(=O)CC=Cc1cc(S(=O)(=O)c2ccccc2)ccc1C(F)(F)F. The van der Waals surface area contributed by atoms with Crippen LogP contribution < -0.4 is 4.72 Å². The van der Waals surface area contributed by atoms with Gasteiger partial charge in [-0.15, -0.1) is 0 Å². The monoisotopic (exact) mass is 477 g/mol. The van der Waals surface area contributed by atoms with Gasteiger partial charge >= 0.3 is 12.1 Å². The van der Waals surface area contributed by atoms with Crippen molar-refractivity contribution in [3.8, 4) is 0 Å². The van der Waals surface area contributed by atoms with E-state index >= 15 is 0 Å². The highest BCUT2D eigenvalue weighted by Crippen LogP contribution is 2.34. The average molecular weight is 477 g/mol. The molecule has 2 aromatic rings. The molecule has 2 rings (SSSR count). The molecule has 31 heavy (non-hydrogen) atoms. The van der Waals surface area contributed by atoms with Gasteiger partial charge in [0.05, 0.1) is 27.5 Å². The minimum Gasteiger partial charge on any atom is -0.481 e. The van der Waals surface area contributed by atoms with E-state index in [1.165, 1.54) is 24.3 Å². The molecule has 7 nitrogen and oxygen atoms in total. The van der Waals surface area contributed by atoms with Gasteiger partial charge < -0.3 is 5.11 Å². The van der Waals surface area contributed by atoms with Crippen LogP contribution in [0.1, 0.15) is 17.5 Å². The molecular weight excluding hydrogens is 459 g/mol. The predicted octanol–water partition coefficient (Wildman–Crippen LogP) is 2.95. The molecule has 0 saturated heterocycles. The summed E-state index contributed by atoms with van der Waals surface area (Å²) in [6, 6.07) is 9.43. The summed E-state index contributed by atoms with van der Waals surface area (Å²) in [5.74, 6) is -1.94. The van der Waals surface area contributed by atoms with Crippen molar-refractivity contribution in [2.75, 3.05) is 12.3 Å². The van der Waals surface area contributed by atoms with Crippen LogP contribution in [0.15, 0.2) is 64.4 Å². The van der Waals surface area contributed by atoms with Crippen LogP contribution in [0.5, 0.6) is 0 Å². The fourth-order valence-electron chi connectivity index (χ4n) is 2.51. The molecule has 0 radical (unpaired) electrons. The van der Waals surface area contributed by atoms with Crippen molar-refractivity contribution in [3.05, 3.63) is 65.7 Å². The van der Waals surface area contributed by atoms with Crippen LogP contribution in [-0.2, 0) is 30.8 Å². The van der Waals surface area contributed by atoms with Crippen LogP contribution in [-0.4, -0.2) is 40.2 Å². The third-order valence-electron chi connectivity index (χ3n) is 3.97. The molecule has 0 atom stereocenters. The lowest BCUT2D eigenvalue weighted by Crippen LogP contribution is -2.27. The zero-order valence-corrected chi connectivity index (χ0v) is 17.5. The summed E-state index contributed by atoms with van der Waals surface area (Å²) in [6.07, 6.45) is -3.47. The summed E-state index contributed by atoms with van der Waals surface area (Å²) < 4.78 is 91.0. The first-order chi connectivity index (χ1) is 14.3. The number of benzene rings is 2. The van der Waals surface area contributed by atoms with Crippen molar-refractivity contribution in [3.63, 3.8) is 0 Å². The molecule has 0 bridgehead atoms. The Balaban J connectivity index is 2.35. The molecule has 2 N–H and O–H groups in total. The van der Waals surface area contributed by atoms with Crippen LogP contribution in [0, 0.1) is 0 Å². The first-order valence-corrected chi connectivity index (χ1v) is 11.8. The van der Waals surface area contributed by atoms with Gasteiger partial charge in [0.2, 0.25) is 19.9 Å². The maximum absolute atomic E-state index is 13.3. The molecule has 0 aliphatic carbocycles. The first kappa shape index (κ1) is 24.6. The highest BCUT2D eigenvalue weighted by Gasteiger charge is 2.33. The summed E-state index contributed by atoms with van der Waals surface area (Å²) in [7, 11) is -8.06. The fourth-order valence-corrected chi connectivity index (χ4v) is 4.71. The lowest BCUT2D eigenvalue weighted by atomic mass is 10.1. The highest BCUT2D eigenvalue weighted by molar-refractivity contribution is 7.91. The average Bonchev–Trinajstić information content (AvgIpc) is 2.67. The van der Waals surface area contributed by atoms with Gasteiger partial charge in [0, 0.05) is 6.54 Å². The van der Waals surface area contributed by atoms with E-state index < -0.39 is 55.3 Å². The van der Waals surface area contributed by atoms with Gasteiger partial charge in [-0.05, 0) is 35.9 Å². The zero-order chi connectivity index (χ0) is 23.3. The Morgan fingerprint density at radius 3 is 2.23 bits per heavy atom. The number of hydrogen-bond donors (Lipinski definition) is 2. The summed E-state index contributed by atoms with van der Waals surface area (Å²) in [4.78, 5) is 9.94. The van der Waals surface area contributed by atoms with Gasteiger partial charge in [-0.3, -0.25) is 4.79 Å². The van der Waals surface area contributed by atoms with Crippen molar-refractivity contribution in [2.24, 2.45) is 0 Å². The third kappa shape index (κ3) is 6.91. The third-order valence-corrected chi connectivity index (χ3v) is 7.01. The normalized spacial score (nSPS) is 12.9. The second kappa shape index (κ2) is 9.62. The van der Waals surface area contributed by atoms with Gasteiger partial charge in [-0.25, -0.2) is 21.6 Å². The Morgan fingerprint density at radius 1 is 1.00 bits per heavy atom. The van der Waals surface area contributed by atoms with Crippen LogP contribution in [0.2, 0.25) is 0 Å². The first-order valence-electron chi connectivity index (χ1n) is 8.70. The lowest BCUT2D eigenvalue weighted by Gasteiger charge is -2.13. The van der Waals surface area contributed by atoms with Crippen LogP contribution in [0.4, 0.5) is 13.2 Å². The van der Waals surface area contributed by atoms with E-state index in [1.54, 1.807) is 6.07 Å². The smallest absolute Gasteiger partial charge is 0.416 e. The molecule has 0 unspecified atom stereocenters. The number of carbonyl (C=O) groups is 1. The number of sulfone groups is 1. The molecule has 0 aromatic heterocycles. The van der Waals surface area contributed by atoms with E-state index in [1.807, 2.05) is 4.72 Å². The van der Waals surface area contributed by atoms with E-state index in [9.17, 15) is 34.8 Å². The second-order valence-corrected chi connectivity index (χ2v) is 10.1. The number of carboxylic acid groups (broad SMARTS) is 1. The van der Waals surface area contributed by atoms with Crippen molar-refractivity contribution < 1.29 is 39.9 Å². The van der Waals surface area contributed by atoms with Gasteiger partial charge in [0.1, 0.15) is 0 Å². The molecule has 0 fully saturated rings. The quantitative estimate of drug-likeness (QED) is 0.574. The lowest BCUT2D eigenvalue weighted by molar-refractivity contribution is -0.138. The number of nitrogens with one attached hydrogen (secondary N) is 1. The molecule has 0 heterocycles. The zero-order valence-electron chi connectivity index (χ0n) is 15.8. The van der Waals surface area contributed by atoms with Gasteiger partial charge in [0.15, 0.2) is 0 Å². The van der Waals surface area contributed by atoms with Gasteiger partial charge in [0.25, 0.3) is 0 Å². The molecule has 0 amide bonds. The minimum absolute atomic E-state index is 0.102. The summed E-state index contributed by atoms with van der Waals surface area (Å²) in [5.41, 5.74) is -1.66. The summed E-state index contributed by atoms with van der Waals surface area (Å²) >= 11 is 0. The standard InChI is InChI=1S/C19H18F3NO6S2/c20-19(21,22)17-9-8-16(31(28,29)15-6-2-1-3-7-15)13-14(17)5-4-12-30(26,27)23-11-10-18(24)25/h1-9,13,23H,10-12H2,(H,24,25). The number of carboxylic acids is 1. The molecule has 0 aliphatic heterocycles. The second-order valence-electron chi connectivity index (χ2n) is 6.29. The molecule has 2 aromatic carbocycles. The summed E-state index contributed by atoms with van der Waals surface area (Å²) in [5, 5.41) is 8.51. The van der Waals surface area contributed by atoms with Gasteiger partial charge in [-0.1, -0.05) is 30.4 Å². The number of hydrogen-bond acceptors (Lipinski definition) is 5. The largest absolute Gasteiger partial charge is 0.481 e. The number of alkyl halides is 3.